The zero-order valence-corrected chi connectivity index (χ0v) is 31.0. The van der Waals surface area contributed by atoms with Gasteiger partial charge in [-0.1, -0.05) is 6.07 Å². The summed E-state index contributed by atoms with van der Waals surface area (Å²) in [6, 6.07) is 8.00. The van der Waals surface area contributed by atoms with Gasteiger partial charge in [-0.05, 0) is 100 Å². The highest BCUT2D eigenvalue weighted by Gasteiger charge is 2.35. The monoisotopic (exact) mass is 773 g/mol. The average Bonchev–Trinajstić information content (AvgIpc) is 3.72. The molecule has 1 atom stereocenters. The molecule has 3 aliphatic rings. The quantitative estimate of drug-likeness (QED) is 0.199. The molecule has 2 saturated heterocycles. The number of benzene rings is 1. The second-order valence-corrected chi connectivity index (χ2v) is 15.1. The van der Waals surface area contributed by atoms with E-state index in [4.69, 9.17) is 9.84 Å². The smallest absolute Gasteiger partial charge is 0.433 e. The summed E-state index contributed by atoms with van der Waals surface area (Å²) in [6.07, 6.45) is 5.09. The van der Waals surface area contributed by atoms with E-state index in [0.29, 0.717) is 17.0 Å². The number of methoxy groups -OCH3 is 1. The SMILES string of the molecule is COc1ccc2c(c1C1CCN(C[C@H]3CC[C@H](n4cc5cc(NC(=O)c6cccc(C(F)(F)F)n6)ncc5n4)CC3)CC1)n(C)c(=O)n2C1CCC(=O)NC1=O. The lowest BCUT2D eigenvalue weighted by atomic mass is 9.84. The first-order chi connectivity index (χ1) is 26.9. The van der Waals surface area contributed by atoms with E-state index in [2.05, 4.69) is 25.5 Å². The number of hydrogen-bond acceptors (Lipinski definition) is 9. The van der Waals surface area contributed by atoms with Gasteiger partial charge in [-0.15, -0.1) is 0 Å². The maximum Gasteiger partial charge on any atom is 0.433 e. The van der Waals surface area contributed by atoms with Crippen LogP contribution in [0.15, 0.2) is 53.6 Å². The molecule has 2 N–H and O–H groups in total. The number of aryl methyl sites for hydroxylation is 1. The predicted molar refractivity (Wildman–Crippen MR) is 199 cm³/mol. The number of fused-ring (bicyclic) bond motifs is 2. The van der Waals surface area contributed by atoms with Crippen molar-refractivity contribution in [1.82, 2.24) is 39.1 Å². The first-order valence-electron chi connectivity index (χ1n) is 18.9. The van der Waals surface area contributed by atoms with Crippen molar-refractivity contribution >= 4 is 45.5 Å². The molecule has 0 bridgehead atoms. The predicted octanol–water partition coefficient (Wildman–Crippen LogP) is 5.35. The number of hydrogen-bond donors (Lipinski definition) is 2. The zero-order chi connectivity index (χ0) is 39.3. The molecule has 0 spiro atoms. The van der Waals surface area contributed by atoms with Crippen molar-refractivity contribution in [2.24, 2.45) is 13.0 Å². The summed E-state index contributed by atoms with van der Waals surface area (Å²) in [5.74, 6) is 0.0546. The van der Waals surface area contributed by atoms with E-state index in [1.54, 1.807) is 31.0 Å². The van der Waals surface area contributed by atoms with Gasteiger partial charge in [0.1, 0.15) is 34.5 Å². The van der Waals surface area contributed by atoms with Crippen LogP contribution >= 0.6 is 0 Å². The molecule has 294 valence electrons. The van der Waals surface area contributed by atoms with Crippen molar-refractivity contribution in [1.29, 1.82) is 0 Å². The number of anilines is 1. The number of imidazole rings is 1. The Morgan fingerprint density at radius 1 is 1.02 bits per heavy atom. The molecule has 0 radical (unpaired) electrons. The van der Waals surface area contributed by atoms with E-state index < -0.39 is 29.7 Å². The average molecular weight is 774 g/mol. The van der Waals surface area contributed by atoms with Gasteiger partial charge in [-0.2, -0.15) is 18.3 Å². The molecule has 3 amide bonds. The van der Waals surface area contributed by atoms with E-state index in [1.165, 1.54) is 10.6 Å². The second kappa shape index (κ2) is 14.8. The molecule has 56 heavy (non-hydrogen) atoms. The number of nitrogens with zero attached hydrogens (tertiary/aromatic N) is 7. The number of piperidine rings is 2. The largest absolute Gasteiger partial charge is 0.496 e. The molecule has 17 heteroatoms. The molecule has 1 aromatic carbocycles. The number of ether oxygens (including phenoxy) is 1. The van der Waals surface area contributed by atoms with Crippen LogP contribution in [0, 0.1) is 5.92 Å². The molecule has 1 saturated carbocycles. The van der Waals surface area contributed by atoms with Crippen molar-refractivity contribution in [3.8, 4) is 5.75 Å². The molecular formula is C39H42F3N9O5. The number of carbonyl (C=O) groups is 3. The van der Waals surface area contributed by atoms with Crippen molar-refractivity contribution < 1.29 is 32.3 Å². The van der Waals surface area contributed by atoms with Gasteiger partial charge < -0.3 is 15.0 Å². The van der Waals surface area contributed by atoms with Crippen LogP contribution in [-0.2, 0) is 22.8 Å². The summed E-state index contributed by atoms with van der Waals surface area (Å²) >= 11 is 0. The van der Waals surface area contributed by atoms with Crippen LogP contribution < -0.4 is 21.1 Å². The minimum absolute atomic E-state index is 0.165. The summed E-state index contributed by atoms with van der Waals surface area (Å²) < 4.78 is 50.2. The van der Waals surface area contributed by atoms with Crippen LogP contribution in [-0.4, -0.2) is 78.2 Å². The van der Waals surface area contributed by atoms with Gasteiger partial charge in [0.25, 0.3) is 5.91 Å². The number of alkyl halides is 3. The lowest BCUT2D eigenvalue weighted by Crippen LogP contribution is -2.44. The van der Waals surface area contributed by atoms with Gasteiger partial charge in [-0.25, -0.2) is 14.8 Å². The third-order valence-electron chi connectivity index (χ3n) is 11.6. The maximum atomic E-state index is 13.6. The van der Waals surface area contributed by atoms with Gasteiger partial charge in [0.05, 0.1) is 30.4 Å². The lowest BCUT2D eigenvalue weighted by molar-refractivity contribution is -0.141. The Bertz CT molecular complexity index is 2390. The number of likely N-dealkylation sites (tertiary alicyclic amines) is 1. The first-order valence-corrected chi connectivity index (χ1v) is 18.9. The van der Waals surface area contributed by atoms with Crippen LogP contribution in [0.4, 0.5) is 19.0 Å². The van der Waals surface area contributed by atoms with Crippen molar-refractivity contribution in [3.63, 3.8) is 0 Å². The van der Waals surface area contributed by atoms with Gasteiger partial charge in [0.15, 0.2) is 0 Å². The number of aromatic nitrogens is 6. The molecule has 3 fully saturated rings. The van der Waals surface area contributed by atoms with Gasteiger partial charge in [0.2, 0.25) is 11.8 Å². The summed E-state index contributed by atoms with van der Waals surface area (Å²) in [6.45, 7) is 2.82. The molecule has 1 unspecified atom stereocenters. The summed E-state index contributed by atoms with van der Waals surface area (Å²) in [5.41, 5.74) is 1.29. The third kappa shape index (κ3) is 7.15. The number of pyridine rings is 2. The Labute approximate surface area is 319 Å². The highest BCUT2D eigenvalue weighted by molar-refractivity contribution is 6.03. The number of carbonyl (C=O) groups excluding carboxylic acids is 3. The summed E-state index contributed by atoms with van der Waals surface area (Å²) in [5, 5.41) is 10.4. The minimum atomic E-state index is -4.66. The molecule has 6 heterocycles. The van der Waals surface area contributed by atoms with Crippen LogP contribution in [0.1, 0.15) is 91.1 Å². The van der Waals surface area contributed by atoms with Gasteiger partial charge >= 0.3 is 11.9 Å². The van der Waals surface area contributed by atoms with E-state index in [-0.39, 0.29) is 47.9 Å². The van der Waals surface area contributed by atoms with Crippen LogP contribution in [0.3, 0.4) is 0 Å². The van der Waals surface area contributed by atoms with Crippen molar-refractivity contribution in [3.05, 3.63) is 76.2 Å². The van der Waals surface area contributed by atoms with Crippen LogP contribution in [0.2, 0.25) is 0 Å². The van der Waals surface area contributed by atoms with Crippen molar-refractivity contribution in [2.45, 2.75) is 75.5 Å². The Balaban J connectivity index is 0.878. The Morgan fingerprint density at radius 2 is 1.79 bits per heavy atom. The topological polar surface area (TPSA) is 158 Å². The van der Waals surface area contributed by atoms with Crippen LogP contribution in [0.5, 0.6) is 5.75 Å². The molecule has 2 aliphatic heterocycles. The fourth-order valence-electron chi connectivity index (χ4n) is 8.75. The number of amides is 3. The number of nitrogens with one attached hydrogen (secondary N) is 2. The highest BCUT2D eigenvalue weighted by Crippen LogP contribution is 2.41. The lowest BCUT2D eigenvalue weighted by Gasteiger charge is -2.37. The normalized spacial score (nSPS) is 21.4. The maximum absolute atomic E-state index is 13.6. The zero-order valence-electron chi connectivity index (χ0n) is 31.0. The molecule has 14 nitrogen and oxygen atoms in total. The van der Waals surface area contributed by atoms with E-state index in [1.807, 2.05) is 23.0 Å². The summed E-state index contributed by atoms with van der Waals surface area (Å²) in [4.78, 5) is 61.0. The fourth-order valence-corrected chi connectivity index (χ4v) is 8.75. The van der Waals surface area contributed by atoms with E-state index in [0.717, 1.165) is 92.5 Å². The summed E-state index contributed by atoms with van der Waals surface area (Å²) in [7, 11) is 3.36. The first kappa shape index (κ1) is 37.3. The van der Waals surface area contributed by atoms with Gasteiger partial charge in [-0.3, -0.25) is 33.5 Å². The fraction of sp³-hybridized carbons (Fsp3) is 0.462. The number of halogens is 3. The van der Waals surface area contributed by atoms with E-state index >= 15 is 0 Å². The second-order valence-electron chi connectivity index (χ2n) is 15.1. The molecular weight excluding hydrogens is 731 g/mol. The third-order valence-corrected chi connectivity index (χ3v) is 11.6. The highest BCUT2D eigenvalue weighted by atomic mass is 19.4. The molecule has 1 aliphatic carbocycles. The standard InChI is InChI=1S/C39H42F3N9O5/c1-48-35-28(51(38(48)55)29-11-13-33(52)46-37(29)54)10-12-30(56-2)34(35)23-14-16-49(17-15-23)20-22-6-8-25(9-7-22)50-21-24-18-32(43-19-27(24)47-50)45-36(53)26-4-3-5-31(44-26)39(40,41)42/h3-5,10,12,18-19,21-23,25,29H,6-9,11,13-17,20H2,1-2H3,(H,45,53)(H,46,52,54)/t22-,25-,29?. The number of rotatable bonds is 8. The van der Waals surface area contributed by atoms with Crippen molar-refractivity contribution in [2.75, 3.05) is 32.1 Å². The number of imide groups is 1. The van der Waals surface area contributed by atoms with Crippen LogP contribution in [0.25, 0.3) is 21.9 Å². The van der Waals surface area contributed by atoms with E-state index in [9.17, 15) is 32.3 Å². The Hall–Kier alpha value is -5.58. The molecule has 5 aromatic rings. The molecule has 4 aromatic heterocycles. The Kier molecular flexibility index (Phi) is 9.88. The minimum Gasteiger partial charge on any atom is -0.496 e. The van der Waals surface area contributed by atoms with Gasteiger partial charge in [0, 0.05) is 37.2 Å². The molecule has 8 rings (SSSR count). The Morgan fingerprint density at radius 3 is 2.50 bits per heavy atom.